The molecule has 3 aromatic rings. The SMILES string of the molecule is O=C(O)c1nc(-c2cccc(F)c2)n2cccc(O)c12. The Morgan fingerprint density at radius 3 is 2.75 bits per heavy atom. The summed E-state index contributed by atoms with van der Waals surface area (Å²) in [6, 6.07) is 8.60. The summed E-state index contributed by atoms with van der Waals surface area (Å²) in [5.74, 6) is -1.64. The molecule has 0 amide bonds. The number of nitrogens with zero attached hydrogens (tertiary/aromatic N) is 2. The second-order valence-electron chi connectivity index (χ2n) is 4.21. The van der Waals surface area contributed by atoms with E-state index in [0.29, 0.717) is 5.56 Å². The molecule has 0 atom stereocenters. The lowest BCUT2D eigenvalue weighted by Crippen LogP contribution is -1.97. The summed E-state index contributed by atoms with van der Waals surface area (Å²) < 4.78 is 14.7. The molecule has 0 aliphatic carbocycles. The molecule has 0 aliphatic rings. The number of carbonyl (C=O) groups is 1. The molecule has 0 unspecified atom stereocenters. The van der Waals surface area contributed by atoms with Crippen molar-refractivity contribution in [2.45, 2.75) is 0 Å². The number of rotatable bonds is 2. The fourth-order valence-corrected chi connectivity index (χ4v) is 2.10. The highest BCUT2D eigenvalue weighted by atomic mass is 19.1. The van der Waals surface area contributed by atoms with Gasteiger partial charge in [0, 0.05) is 11.8 Å². The third kappa shape index (κ3) is 1.78. The summed E-state index contributed by atoms with van der Waals surface area (Å²) in [6.07, 6.45) is 1.56. The molecule has 5 nitrogen and oxygen atoms in total. The number of aromatic carboxylic acids is 1. The molecule has 2 heterocycles. The molecule has 0 saturated carbocycles. The fraction of sp³-hybridized carbons (Fsp3) is 0. The Morgan fingerprint density at radius 2 is 2.05 bits per heavy atom. The maximum Gasteiger partial charge on any atom is 0.356 e. The zero-order valence-corrected chi connectivity index (χ0v) is 10.1. The van der Waals surface area contributed by atoms with Crippen LogP contribution in [0.25, 0.3) is 16.9 Å². The molecule has 6 heteroatoms. The minimum absolute atomic E-state index is 0.0826. The summed E-state index contributed by atoms with van der Waals surface area (Å²) in [5, 5.41) is 19.0. The minimum atomic E-state index is -1.26. The Morgan fingerprint density at radius 1 is 1.25 bits per heavy atom. The first-order valence-electron chi connectivity index (χ1n) is 5.77. The van der Waals surface area contributed by atoms with E-state index in [1.54, 1.807) is 18.3 Å². The van der Waals surface area contributed by atoms with Gasteiger partial charge in [-0.2, -0.15) is 0 Å². The van der Waals surface area contributed by atoms with Gasteiger partial charge in [-0.25, -0.2) is 14.2 Å². The van der Waals surface area contributed by atoms with Crippen LogP contribution >= 0.6 is 0 Å². The number of carboxylic acids is 1. The second kappa shape index (κ2) is 4.34. The minimum Gasteiger partial charge on any atom is -0.506 e. The van der Waals surface area contributed by atoms with Crippen LogP contribution in [0.4, 0.5) is 4.39 Å². The molecule has 0 bridgehead atoms. The van der Waals surface area contributed by atoms with Crippen LogP contribution < -0.4 is 0 Å². The summed E-state index contributed by atoms with van der Waals surface area (Å²) in [6.45, 7) is 0. The number of imidazole rings is 1. The van der Waals surface area contributed by atoms with Crippen molar-refractivity contribution in [3.05, 3.63) is 54.1 Å². The monoisotopic (exact) mass is 272 g/mol. The number of carboxylic acid groups (broad SMARTS) is 1. The van der Waals surface area contributed by atoms with Crippen molar-refractivity contribution < 1.29 is 19.4 Å². The van der Waals surface area contributed by atoms with Gasteiger partial charge in [-0.05, 0) is 24.3 Å². The van der Waals surface area contributed by atoms with Gasteiger partial charge in [0.2, 0.25) is 0 Å². The number of pyridine rings is 1. The maximum absolute atomic E-state index is 13.3. The summed E-state index contributed by atoms with van der Waals surface area (Å²) in [5.41, 5.74) is 0.236. The van der Waals surface area contributed by atoms with Crippen LogP contribution in [0.5, 0.6) is 5.75 Å². The first-order chi connectivity index (χ1) is 9.58. The molecule has 2 aromatic heterocycles. The van der Waals surface area contributed by atoms with Gasteiger partial charge in [-0.1, -0.05) is 12.1 Å². The molecule has 0 spiro atoms. The van der Waals surface area contributed by atoms with Crippen LogP contribution in [0.2, 0.25) is 0 Å². The average Bonchev–Trinajstić information content (AvgIpc) is 2.80. The summed E-state index contributed by atoms with van der Waals surface area (Å²) in [7, 11) is 0. The molecule has 0 radical (unpaired) electrons. The van der Waals surface area contributed by atoms with Gasteiger partial charge in [0.25, 0.3) is 0 Å². The Kier molecular flexibility index (Phi) is 2.64. The quantitative estimate of drug-likeness (QED) is 0.751. The summed E-state index contributed by atoms with van der Waals surface area (Å²) >= 11 is 0. The van der Waals surface area contributed by atoms with E-state index in [9.17, 15) is 14.3 Å². The fourth-order valence-electron chi connectivity index (χ4n) is 2.10. The summed E-state index contributed by atoms with van der Waals surface area (Å²) in [4.78, 5) is 15.2. The van der Waals surface area contributed by atoms with Crippen molar-refractivity contribution in [3.8, 4) is 17.1 Å². The normalized spacial score (nSPS) is 10.8. The van der Waals surface area contributed by atoms with Gasteiger partial charge in [0.05, 0.1) is 0 Å². The number of hydrogen-bond acceptors (Lipinski definition) is 3. The predicted molar refractivity (Wildman–Crippen MR) is 69.2 cm³/mol. The van der Waals surface area contributed by atoms with Gasteiger partial charge in [0.1, 0.15) is 22.9 Å². The van der Waals surface area contributed by atoms with Gasteiger partial charge >= 0.3 is 5.97 Å². The van der Waals surface area contributed by atoms with Crippen LogP contribution in [-0.2, 0) is 0 Å². The molecular formula is C14H9FN2O3. The largest absolute Gasteiger partial charge is 0.506 e. The highest BCUT2D eigenvalue weighted by Gasteiger charge is 2.20. The van der Waals surface area contributed by atoms with Crippen LogP contribution in [-0.4, -0.2) is 25.6 Å². The molecule has 1 aromatic carbocycles. The van der Waals surface area contributed by atoms with E-state index in [1.807, 2.05) is 0 Å². The Balaban J connectivity index is 2.38. The third-order valence-corrected chi connectivity index (χ3v) is 2.93. The Labute approximate surface area is 112 Å². The predicted octanol–water partition coefficient (Wildman–Crippen LogP) is 2.54. The number of halogens is 1. The Hall–Kier alpha value is -2.89. The molecule has 3 rings (SSSR count). The van der Waals surface area contributed by atoms with Crippen molar-refractivity contribution in [1.82, 2.24) is 9.38 Å². The van der Waals surface area contributed by atoms with Crippen molar-refractivity contribution >= 4 is 11.5 Å². The number of hydrogen-bond donors (Lipinski definition) is 2. The molecule has 20 heavy (non-hydrogen) atoms. The van der Waals surface area contributed by atoms with E-state index in [-0.39, 0.29) is 22.8 Å². The van der Waals surface area contributed by atoms with E-state index < -0.39 is 11.8 Å². The van der Waals surface area contributed by atoms with Crippen molar-refractivity contribution in [1.29, 1.82) is 0 Å². The average molecular weight is 272 g/mol. The molecule has 0 aliphatic heterocycles. The zero-order chi connectivity index (χ0) is 14.3. The van der Waals surface area contributed by atoms with E-state index in [0.717, 1.165) is 0 Å². The lowest BCUT2D eigenvalue weighted by atomic mass is 10.2. The smallest absolute Gasteiger partial charge is 0.356 e. The number of aromatic nitrogens is 2. The number of aromatic hydroxyl groups is 1. The topological polar surface area (TPSA) is 74.8 Å². The van der Waals surface area contributed by atoms with E-state index in [2.05, 4.69) is 4.98 Å². The first-order valence-corrected chi connectivity index (χ1v) is 5.77. The van der Waals surface area contributed by atoms with Crippen LogP contribution in [0, 0.1) is 5.82 Å². The van der Waals surface area contributed by atoms with Gasteiger partial charge < -0.3 is 10.2 Å². The van der Waals surface area contributed by atoms with E-state index in [4.69, 9.17) is 5.11 Å². The molecule has 0 saturated heterocycles. The van der Waals surface area contributed by atoms with Gasteiger partial charge in [-0.3, -0.25) is 4.40 Å². The van der Waals surface area contributed by atoms with Gasteiger partial charge in [0.15, 0.2) is 5.69 Å². The molecular weight excluding hydrogens is 263 g/mol. The van der Waals surface area contributed by atoms with Crippen LogP contribution in [0.3, 0.4) is 0 Å². The molecule has 100 valence electrons. The highest BCUT2D eigenvalue weighted by Crippen LogP contribution is 2.28. The van der Waals surface area contributed by atoms with Crippen molar-refractivity contribution in [2.75, 3.05) is 0 Å². The molecule has 2 N–H and O–H groups in total. The first kappa shape index (κ1) is 12.2. The highest BCUT2D eigenvalue weighted by molar-refractivity contribution is 5.96. The van der Waals surface area contributed by atoms with Crippen molar-refractivity contribution in [3.63, 3.8) is 0 Å². The Bertz CT molecular complexity index is 826. The lowest BCUT2D eigenvalue weighted by Gasteiger charge is -2.02. The van der Waals surface area contributed by atoms with Crippen LogP contribution in [0.1, 0.15) is 10.5 Å². The number of benzene rings is 1. The van der Waals surface area contributed by atoms with Crippen LogP contribution in [0.15, 0.2) is 42.6 Å². The van der Waals surface area contributed by atoms with E-state index >= 15 is 0 Å². The van der Waals surface area contributed by atoms with Crippen molar-refractivity contribution in [2.24, 2.45) is 0 Å². The standard InChI is InChI=1S/C14H9FN2O3/c15-9-4-1-3-8(7-9)13-16-11(14(19)20)12-10(18)5-2-6-17(12)13/h1-7,18H,(H,19,20). The zero-order valence-electron chi connectivity index (χ0n) is 10.1. The van der Waals surface area contributed by atoms with Gasteiger partial charge in [-0.15, -0.1) is 0 Å². The maximum atomic E-state index is 13.3. The number of fused-ring (bicyclic) bond motifs is 1. The second-order valence-corrected chi connectivity index (χ2v) is 4.21. The van der Waals surface area contributed by atoms with E-state index in [1.165, 1.54) is 28.7 Å². The third-order valence-electron chi connectivity index (χ3n) is 2.93. The molecule has 0 fully saturated rings. The lowest BCUT2D eigenvalue weighted by molar-refractivity contribution is 0.0693.